The summed E-state index contributed by atoms with van der Waals surface area (Å²) >= 11 is 0. The smallest absolute Gasteiger partial charge is 0.124 e. The van der Waals surface area contributed by atoms with Crippen LogP contribution in [0.1, 0.15) is 70.1 Å². The molecule has 4 rings (SSSR count). The first-order valence-corrected chi connectivity index (χ1v) is 11.1. The van der Waals surface area contributed by atoms with Crippen LogP contribution >= 0.6 is 0 Å². The molecule has 2 heterocycles. The third-order valence-corrected chi connectivity index (χ3v) is 6.09. The molecule has 5 nitrogen and oxygen atoms in total. The molecule has 0 fully saturated rings. The van der Waals surface area contributed by atoms with Crippen molar-refractivity contribution >= 4 is 22.4 Å². The lowest BCUT2D eigenvalue weighted by Crippen LogP contribution is -2.42. The predicted octanol–water partition coefficient (Wildman–Crippen LogP) is 5.01. The maximum absolute atomic E-state index is 6.42. The average molecular weight is 428 g/mol. The highest BCUT2D eigenvalue weighted by molar-refractivity contribution is 5.98. The summed E-state index contributed by atoms with van der Waals surface area (Å²) in [6, 6.07) is 12.0. The van der Waals surface area contributed by atoms with Crippen molar-refractivity contribution in [3.8, 4) is 11.8 Å². The van der Waals surface area contributed by atoms with Gasteiger partial charge < -0.3 is 16.5 Å². The topological polar surface area (TPSA) is 93.1 Å². The SMILES string of the molecule is CC(C)(C)[C@H](N)C1=Nc2ccc(C#Cc3ccc4nc([C@@H](N)C(C)(C)C)[nH]c4c3)cc2C1. The number of hydrogen-bond acceptors (Lipinski definition) is 4. The molecule has 2 atom stereocenters. The second-order valence-electron chi connectivity index (χ2n) is 10.9. The lowest BCUT2D eigenvalue weighted by molar-refractivity contribution is 0.317. The number of nitrogens with two attached hydrogens (primary N) is 2. The van der Waals surface area contributed by atoms with Gasteiger partial charge >= 0.3 is 0 Å². The highest BCUT2D eigenvalue weighted by Crippen LogP contribution is 2.32. The van der Waals surface area contributed by atoms with Gasteiger partial charge in [-0.25, -0.2) is 4.98 Å². The van der Waals surface area contributed by atoms with E-state index >= 15 is 0 Å². The van der Waals surface area contributed by atoms with Crippen LogP contribution in [0.15, 0.2) is 41.4 Å². The normalized spacial score (nSPS) is 15.7. The third kappa shape index (κ3) is 4.48. The van der Waals surface area contributed by atoms with Crippen LogP contribution in [0.25, 0.3) is 11.0 Å². The Balaban J connectivity index is 1.54. The van der Waals surface area contributed by atoms with E-state index in [9.17, 15) is 0 Å². The zero-order chi connectivity index (χ0) is 23.3. The van der Waals surface area contributed by atoms with Crippen LogP contribution in [0.3, 0.4) is 0 Å². The first-order valence-electron chi connectivity index (χ1n) is 11.1. The quantitative estimate of drug-likeness (QED) is 0.502. The Morgan fingerprint density at radius 3 is 2.16 bits per heavy atom. The van der Waals surface area contributed by atoms with E-state index in [1.54, 1.807) is 0 Å². The standard InChI is InChI=1S/C27H33N5/c1-26(2,3)23(28)22-15-18-13-16(9-11-19(18)30-22)7-8-17-10-12-20-21(14-17)32-25(31-20)24(29)27(4,5)6/h9-14,23-24H,15,28-29H2,1-6H3,(H,31,32)/t23-,24-/m1/s1. The van der Waals surface area contributed by atoms with E-state index < -0.39 is 0 Å². The van der Waals surface area contributed by atoms with Crippen LogP contribution in [0.2, 0.25) is 0 Å². The van der Waals surface area contributed by atoms with Gasteiger partial charge in [0.15, 0.2) is 0 Å². The molecule has 0 saturated carbocycles. The molecule has 1 aromatic heterocycles. The largest absolute Gasteiger partial charge is 0.341 e. The number of nitrogens with zero attached hydrogens (tertiary/aromatic N) is 2. The van der Waals surface area contributed by atoms with Gasteiger partial charge in [0.1, 0.15) is 5.82 Å². The number of rotatable bonds is 2. The van der Waals surface area contributed by atoms with E-state index in [0.717, 1.165) is 45.8 Å². The summed E-state index contributed by atoms with van der Waals surface area (Å²) in [5.41, 5.74) is 19.7. The Hall–Kier alpha value is -2.94. The number of hydrogen-bond donors (Lipinski definition) is 3. The minimum Gasteiger partial charge on any atom is -0.341 e. The van der Waals surface area contributed by atoms with Crippen molar-refractivity contribution < 1.29 is 0 Å². The van der Waals surface area contributed by atoms with Crippen molar-refractivity contribution in [2.24, 2.45) is 27.3 Å². The molecule has 166 valence electrons. The summed E-state index contributed by atoms with van der Waals surface area (Å²) in [5.74, 6) is 7.38. The van der Waals surface area contributed by atoms with Gasteiger partial charge in [0.25, 0.3) is 0 Å². The number of imidazole rings is 1. The molecule has 5 N–H and O–H groups in total. The number of aliphatic imine (C=N–C) groups is 1. The van der Waals surface area contributed by atoms with Crippen LogP contribution in [0.4, 0.5) is 5.69 Å². The third-order valence-electron chi connectivity index (χ3n) is 6.09. The van der Waals surface area contributed by atoms with Gasteiger partial charge in [-0.3, -0.25) is 4.99 Å². The molecule has 32 heavy (non-hydrogen) atoms. The summed E-state index contributed by atoms with van der Waals surface area (Å²) in [7, 11) is 0. The summed E-state index contributed by atoms with van der Waals surface area (Å²) in [4.78, 5) is 12.8. The van der Waals surface area contributed by atoms with Gasteiger partial charge in [0, 0.05) is 29.3 Å². The van der Waals surface area contributed by atoms with Gasteiger partial charge in [0.05, 0.1) is 22.8 Å². The average Bonchev–Trinajstić information content (AvgIpc) is 3.32. The molecule has 1 aliphatic heterocycles. The number of aromatic amines is 1. The maximum Gasteiger partial charge on any atom is 0.124 e. The monoisotopic (exact) mass is 427 g/mol. The molecule has 0 aliphatic carbocycles. The second-order valence-corrected chi connectivity index (χ2v) is 10.9. The molecule has 0 bridgehead atoms. The lowest BCUT2D eigenvalue weighted by atomic mass is 9.83. The summed E-state index contributed by atoms with van der Waals surface area (Å²) in [6.07, 6.45) is 0.792. The zero-order valence-electron chi connectivity index (χ0n) is 19.9. The number of H-pyrrole nitrogens is 1. The van der Waals surface area contributed by atoms with E-state index in [2.05, 4.69) is 69.4 Å². The van der Waals surface area contributed by atoms with E-state index in [1.165, 1.54) is 5.56 Å². The number of nitrogens with one attached hydrogen (secondary N) is 1. The lowest BCUT2D eigenvalue weighted by Gasteiger charge is -2.27. The summed E-state index contributed by atoms with van der Waals surface area (Å²) in [5, 5.41) is 0. The van der Waals surface area contributed by atoms with Crippen molar-refractivity contribution in [2.75, 3.05) is 0 Å². The number of fused-ring (bicyclic) bond motifs is 2. The van der Waals surface area contributed by atoms with Gasteiger partial charge in [0.2, 0.25) is 0 Å². The molecule has 0 amide bonds. The molecule has 0 unspecified atom stereocenters. The van der Waals surface area contributed by atoms with Gasteiger partial charge in [-0.05, 0) is 52.8 Å². The molecule has 3 aromatic rings. The molecule has 0 saturated heterocycles. The first-order chi connectivity index (χ1) is 14.9. The Kier molecular flexibility index (Phi) is 5.48. The van der Waals surface area contributed by atoms with Crippen molar-refractivity contribution in [3.05, 3.63) is 58.9 Å². The van der Waals surface area contributed by atoms with Crippen molar-refractivity contribution in [3.63, 3.8) is 0 Å². The van der Waals surface area contributed by atoms with Crippen molar-refractivity contribution in [2.45, 2.75) is 60.0 Å². The molecule has 0 radical (unpaired) electrons. The van der Waals surface area contributed by atoms with E-state index in [1.807, 2.05) is 30.3 Å². The summed E-state index contributed by atoms with van der Waals surface area (Å²) < 4.78 is 0. The first kappa shape index (κ1) is 22.3. The molecule has 5 heteroatoms. The van der Waals surface area contributed by atoms with Crippen LogP contribution in [0, 0.1) is 22.7 Å². The Morgan fingerprint density at radius 1 is 0.875 bits per heavy atom. The fourth-order valence-corrected chi connectivity index (χ4v) is 3.79. The van der Waals surface area contributed by atoms with Gasteiger partial charge in [-0.15, -0.1) is 0 Å². The summed E-state index contributed by atoms with van der Waals surface area (Å²) in [6.45, 7) is 12.8. The minimum absolute atomic E-state index is 0.00844. The molecular weight excluding hydrogens is 394 g/mol. The molecule has 2 aromatic carbocycles. The zero-order valence-corrected chi connectivity index (χ0v) is 19.9. The minimum atomic E-state index is -0.158. The highest BCUT2D eigenvalue weighted by atomic mass is 15.0. The Labute approximate surface area is 190 Å². The molecule has 0 spiro atoms. The fourth-order valence-electron chi connectivity index (χ4n) is 3.79. The van der Waals surface area contributed by atoms with Crippen LogP contribution in [0.5, 0.6) is 0 Å². The predicted molar refractivity (Wildman–Crippen MR) is 133 cm³/mol. The number of aromatic nitrogens is 2. The Bertz CT molecular complexity index is 1260. The van der Waals surface area contributed by atoms with E-state index in [4.69, 9.17) is 16.5 Å². The second kappa shape index (κ2) is 7.88. The molecule has 1 aliphatic rings. The molecular formula is C27H33N5. The fraction of sp³-hybridized carbons (Fsp3) is 0.407. The van der Waals surface area contributed by atoms with E-state index in [-0.39, 0.29) is 22.9 Å². The maximum atomic E-state index is 6.42. The van der Waals surface area contributed by atoms with Crippen LogP contribution in [-0.2, 0) is 6.42 Å². The Morgan fingerprint density at radius 2 is 1.50 bits per heavy atom. The van der Waals surface area contributed by atoms with Crippen LogP contribution < -0.4 is 11.5 Å². The number of benzene rings is 2. The van der Waals surface area contributed by atoms with Gasteiger partial charge in [-0.2, -0.15) is 0 Å². The van der Waals surface area contributed by atoms with Gasteiger partial charge in [-0.1, -0.05) is 53.4 Å². The van der Waals surface area contributed by atoms with E-state index in [0.29, 0.717) is 0 Å². The van der Waals surface area contributed by atoms with Crippen molar-refractivity contribution in [1.29, 1.82) is 0 Å². The highest BCUT2D eigenvalue weighted by Gasteiger charge is 2.29. The van der Waals surface area contributed by atoms with Crippen molar-refractivity contribution in [1.82, 2.24) is 9.97 Å². The van der Waals surface area contributed by atoms with Crippen LogP contribution in [-0.4, -0.2) is 21.7 Å².